The second-order valence-corrected chi connectivity index (χ2v) is 6.06. The first-order valence-corrected chi connectivity index (χ1v) is 7.82. The first-order chi connectivity index (χ1) is 9.54. The summed E-state index contributed by atoms with van der Waals surface area (Å²) in [7, 11) is -0.969. The normalized spacial score (nSPS) is 12.9. The van der Waals surface area contributed by atoms with Crippen molar-refractivity contribution in [2.75, 3.05) is 19.4 Å². The standard InChI is InChI=1S/C14H18N2O3S/c1-11(20(2)19)8-16-14(18)13-7-12(9-15-10-13)5-3-4-6-17/h7,9-11,17H,4,6,8H2,1-2H3,(H,16,18). The molecule has 0 bridgehead atoms. The van der Waals surface area contributed by atoms with E-state index in [9.17, 15) is 9.00 Å². The van der Waals surface area contributed by atoms with Crippen LogP contribution in [0.5, 0.6) is 0 Å². The predicted octanol–water partition coefficient (Wildman–Crippen LogP) is 0.312. The zero-order valence-corrected chi connectivity index (χ0v) is 12.4. The molecule has 1 aromatic rings. The zero-order chi connectivity index (χ0) is 15.0. The molecule has 0 aliphatic carbocycles. The highest BCUT2D eigenvalue weighted by Gasteiger charge is 2.10. The third kappa shape index (κ3) is 5.51. The number of aliphatic hydroxyl groups is 1. The molecule has 0 radical (unpaired) electrons. The quantitative estimate of drug-likeness (QED) is 0.766. The van der Waals surface area contributed by atoms with Crippen LogP contribution in [0.25, 0.3) is 0 Å². The average molecular weight is 294 g/mol. The number of nitrogens with zero attached hydrogens (tertiary/aromatic N) is 1. The molecule has 0 spiro atoms. The highest BCUT2D eigenvalue weighted by atomic mass is 32.2. The Morgan fingerprint density at radius 2 is 2.30 bits per heavy atom. The molecule has 1 heterocycles. The molecule has 0 aliphatic heterocycles. The molecule has 20 heavy (non-hydrogen) atoms. The molecule has 6 heteroatoms. The molecule has 108 valence electrons. The Morgan fingerprint density at radius 3 is 2.95 bits per heavy atom. The number of nitrogens with one attached hydrogen (secondary N) is 1. The van der Waals surface area contributed by atoms with Gasteiger partial charge < -0.3 is 10.4 Å². The van der Waals surface area contributed by atoms with E-state index < -0.39 is 10.8 Å². The van der Waals surface area contributed by atoms with Crippen molar-refractivity contribution < 1.29 is 14.1 Å². The number of hydrogen-bond acceptors (Lipinski definition) is 4. The first kappa shape index (κ1) is 16.3. The SMILES string of the molecule is CC(CNC(=O)c1cncc(C#CCCO)c1)S(C)=O. The summed E-state index contributed by atoms with van der Waals surface area (Å²) in [5.41, 5.74) is 1.04. The molecule has 0 aliphatic rings. The van der Waals surface area contributed by atoms with Crippen molar-refractivity contribution in [1.82, 2.24) is 10.3 Å². The summed E-state index contributed by atoms with van der Waals surface area (Å²) >= 11 is 0. The molecular formula is C14H18N2O3S. The summed E-state index contributed by atoms with van der Waals surface area (Å²) in [6.07, 6.45) is 5.01. The molecule has 0 saturated heterocycles. The number of carbonyl (C=O) groups excluding carboxylic acids is 1. The zero-order valence-electron chi connectivity index (χ0n) is 11.5. The van der Waals surface area contributed by atoms with E-state index in [0.717, 1.165) is 0 Å². The Balaban J connectivity index is 2.67. The number of rotatable bonds is 5. The van der Waals surface area contributed by atoms with E-state index in [-0.39, 0.29) is 17.8 Å². The van der Waals surface area contributed by atoms with Gasteiger partial charge in [-0.15, -0.1) is 0 Å². The van der Waals surface area contributed by atoms with Crippen molar-refractivity contribution in [3.63, 3.8) is 0 Å². The number of carbonyl (C=O) groups is 1. The summed E-state index contributed by atoms with van der Waals surface area (Å²) < 4.78 is 11.2. The second-order valence-electron chi connectivity index (χ2n) is 4.26. The van der Waals surface area contributed by atoms with Crippen LogP contribution in [0.15, 0.2) is 18.5 Å². The molecule has 1 amide bonds. The van der Waals surface area contributed by atoms with E-state index in [1.165, 1.54) is 6.20 Å². The molecule has 0 aromatic carbocycles. The molecule has 0 fully saturated rings. The van der Waals surface area contributed by atoms with E-state index in [4.69, 9.17) is 5.11 Å². The molecule has 0 saturated carbocycles. The van der Waals surface area contributed by atoms with E-state index in [2.05, 4.69) is 22.1 Å². The van der Waals surface area contributed by atoms with E-state index >= 15 is 0 Å². The number of aromatic nitrogens is 1. The maximum Gasteiger partial charge on any atom is 0.252 e. The second kappa shape index (κ2) is 8.46. The van der Waals surface area contributed by atoms with E-state index in [1.807, 2.05) is 6.92 Å². The lowest BCUT2D eigenvalue weighted by Crippen LogP contribution is -2.32. The van der Waals surface area contributed by atoms with Crippen LogP contribution in [0, 0.1) is 11.8 Å². The molecular weight excluding hydrogens is 276 g/mol. The van der Waals surface area contributed by atoms with Gasteiger partial charge in [-0.3, -0.25) is 14.0 Å². The van der Waals surface area contributed by atoms with Crippen LogP contribution in [0.3, 0.4) is 0 Å². The summed E-state index contributed by atoms with van der Waals surface area (Å²) in [6, 6.07) is 1.64. The van der Waals surface area contributed by atoms with Gasteiger partial charge in [-0.05, 0) is 13.0 Å². The van der Waals surface area contributed by atoms with Crippen molar-refractivity contribution in [3.8, 4) is 11.8 Å². The molecule has 2 unspecified atom stereocenters. The summed E-state index contributed by atoms with van der Waals surface area (Å²) in [5, 5.41) is 11.3. The van der Waals surface area contributed by atoms with Crippen LogP contribution >= 0.6 is 0 Å². The van der Waals surface area contributed by atoms with Gasteiger partial charge in [0.2, 0.25) is 0 Å². The Kier molecular flexibility index (Phi) is 6.91. The maximum absolute atomic E-state index is 11.9. The Hall–Kier alpha value is -1.71. The summed E-state index contributed by atoms with van der Waals surface area (Å²) in [6.45, 7) is 2.17. The van der Waals surface area contributed by atoms with Gasteiger partial charge in [-0.2, -0.15) is 0 Å². The Bertz CT molecular complexity index is 549. The van der Waals surface area contributed by atoms with Crippen molar-refractivity contribution in [2.24, 2.45) is 0 Å². The minimum atomic E-state index is -0.969. The minimum absolute atomic E-state index is 0.00660. The van der Waals surface area contributed by atoms with Gasteiger partial charge in [0.25, 0.3) is 5.91 Å². The van der Waals surface area contributed by atoms with Gasteiger partial charge >= 0.3 is 0 Å². The van der Waals surface area contributed by atoms with Crippen LogP contribution in [0.4, 0.5) is 0 Å². The van der Waals surface area contributed by atoms with E-state index in [1.54, 1.807) is 18.5 Å². The first-order valence-electron chi connectivity index (χ1n) is 6.19. The number of aliphatic hydroxyl groups excluding tert-OH is 1. The van der Waals surface area contributed by atoms with Gasteiger partial charge in [0, 0.05) is 53.2 Å². The lowest BCUT2D eigenvalue weighted by atomic mass is 10.2. The van der Waals surface area contributed by atoms with Crippen LogP contribution in [0.1, 0.15) is 29.3 Å². The lowest BCUT2D eigenvalue weighted by Gasteiger charge is -2.09. The van der Waals surface area contributed by atoms with Gasteiger partial charge in [-0.1, -0.05) is 11.8 Å². The third-order valence-corrected chi connectivity index (χ3v) is 3.89. The van der Waals surface area contributed by atoms with Crippen molar-refractivity contribution >= 4 is 16.7 Å². The van der Waals surface area contributed by atoms with Crippen LogP contribution in [-0.4, -0.2) is 44.9 Å². The smallest absolute Gasteiger partial charge is 0.252 e. The molecule has 5 nitrogen and oxygen atoms in total. The van der Waals surface area contributed by atoms with Crippen LogP contribution < -0.4 is 5.32 Å². The fraction of sp³-hybridized carbons (Fsp3) is 0.429. The molecule has 2 N–H and O–H groups in total. The monoisotopic (exact) mass is 294 g/mol. The summed E-state index contributed by atoms with van der Waals surface area (Å²) in [5.74, 6) is 5.33. The predicted molar refractivity (Wildman–Crippen MR) is 78.7 cm³/mol. The average Bonchev–Trinajstić information content (AvgIpc) is 2.44. The summed E-state index contributed by atoms with van der Waals surface area (Å²) in [4.78, 5) is 15.9. The molecule has 1 rings (SSSR count). The van der Waals surface area contributed by atoms with Gasteiger partial charge in [-0.25, -0.2) is 0 Å². The van der Waals surface area contributed by atoms with Crippen molar-refractivity contribution in [1.29, 1.82) is 0 Å². The third-order valence-electron chi connectivity index (χ3n) is 2.59. The van der Waals surface area contributed by atoms with Gasteiger partial charge in [0.15, 0.2) is 0 Å². The topological polar surface area (TPSA) is 79.3 Å². The highest BCUT2D eigenvalue weighted by Crippen LogP contribution is 2.02. The van der Waals surface area contributed by atoms with Crippen LogP contribution in [-0.2, 0) is 10.8 Å². The minimum Gasteiger partial charge on any atom is -0.395 e. The fourth-order valence-corrected chi connectivity index (χ4v) is 1.63. The van der Waals surface area contributed by atoms with E-state index in [0.29, 0.717) is 24.1 Å². The number of hydrogen-bond donors (Lipinski definition) is 2. The van der Waals surface area contributed by atoms with Gasteiger partial charge in [0.05, 0.1) is 12.2 Å². The maximum atomic E-state index is 11.9. The number of pyridine rings is 1. The largest absolute Gasteiger partial charge is 0.395 e. The fourth-order valence-electron chi connectivity index (χ4n) is 1.31. The van der Waals surface area contributed by atoms with Gasteiger partial charge in [0.1, 0.15) is 0 Å². The lowest BCUT2D eigenvalue weighted by molar-refractivity contribution is 0.0953. The number of amides is 1. The molecule has 2 atom stereocenters. The van der Waals surface area contributed by atoms with Crippen molar-refractivity contribution in [3.05, 3.63) is 29.6 Å². The Labute approximate surface area is 121 Å². The van der Waals surface area contributed by atoms with Crippen LogP contribution in [0.2, 0.25) is 0 Å². The van der Waals surface area contributed by atoms with Crippen molar-refractivity contribution in [2.45, 2.75) is 18.6 Å². The Morgan fingerprint density at radius 1 is 1.55 bits per heavy atom. The highest BCUT2D eigenvalue weighted by molar-refractivity contribution is 7.84. The molecule has 1 aromatic heterocycles.